The fraction of sp³-hybridized carbons (Fsp3) is 0.318. The summed E-state index contributed by atoms with van der Waals surface area (Å²) in [5, 5.41) is 8.34. The first-order valence-electron chi connectivity index (χ1n) is 9.60. The number of hydrogen-bond donors (Lipinski definition) is 0. The van der Waals surface area contributed by atoms with Gasteiger partial charge in [-0.3, -0.25) is 4.79 Å². The highest BCUT2D eigenvalue weighted by molar-refractivity contribution is 8.00. The molecule has 0 bridgehead atoms. The lowest BCUT2D eigenvalue weighted by Crippen LogP contribution is -2.42. The van der Waals surface area contributed by atoms with Gasteiger partial charge in [-0.05, 0) is 43.3 Å². The number of nitrogens with zero attached hydrogens (tertiary/aromatic N) is 3. The Bertz CT molecular complexity index is 964. The maximum Gasteiger partial charge on any atom is 0.277 e. The summed E-state index contributed by atoms with van der Waals surface area (Å²) in [6, 6.07) is 15.9. The smallest absolute Gasteiger partial charge is 0.277 e. The Morgan fingerprint density at radius 2 is 1.72 bits per heavy atom. The molecule has 0 saturated carbocycles. The number of morpholine rings is 1. The number of ether oxygens (including phenoxy) is 1. The summed E-state index contributed by atoms with van der Waals surface area (Å²) < 4.78 is 11.3. The number of thioether (sulfide) groups is 1. The van der Waals surface area contributed by atoms with Gasteiger partial charge in [0.15, 0.2) is 0 Å². The highest BCUT2D eigenvalue weighted by atomic mass is 32.2. The summed E-state index contributed by atoms with van der Waals surface area (Å²) in [5.74, 6) is 0.501. The van der Waals surface area contributed by atoms with E-state index in [0.717, 1.165) is 22.3 Å². The van der Waals surface area contributed by atoms with Gasteiger partial charge < -0.3 is 14.1 Å². The molecule has 2 heterocycles. The van der Waals surface area contributed by atoms with E-state index in [0.29, 0.717) is 37.4 Å². The molecular weight excluding hydrogens is 386 g/mol. The number of carbonyl (C=O) groups is 1. The van der Waals surface area contributed by atoms with E-state index < -0.39 is 5.25 Å². The van der Waals surface area contributed by atoms with Crippen LogP contribution in [-0.4, -0.2) is 47.3 Å². The Kier molecular flexibility index (Phi) is 5.97. The van der Waals surface area contributed by atoms with Crippen LogP contribution in [0.15, 0.2) is 58.2 Å². The van der Waals surface area contributed by atoms with E-state index in [1.54, 1.807) is 0 Å². The van der Waals surface area contributed by atoms with Crippen LogP contribution in [0.2, 0.25) is 0 Å². The minimum absolute atomic E-state index is 0.0376. The van der Waals surface area contributed by atoms with Crippen molar-refractivity contribution in [1.29, 1.82) is 0 Å². The maximum absolute atomic E-state index is 13.2. The molecule has 1 aliphatic rings. The molecule has 6 nitrogen and oxygen atoms in total. The SMILES string of the molecule is Cc1cc(C)cc(-c2nnc(SC(C(=O)N3CCOCC3)c3ccccc3)o2)c1. The molecule has 1 fully saturated rings. The summed E-state index contributed by atoms with van der Waals surface area (Å²) in [5.41, 5.74) is 4.08. The highest BCUT2D eigenvalue weighted by Crippen LogP contribution is 2.37. The third kappa shape index (κ3) is 4.68. The second-order valence-corrected chi connectivity index (χ2v) is 8.15. The second kappa shape index (κ2) is 8.80. The summed E-state index contributed by atoms with van der Waals surface area (Å²) >= 11 is 1.30. The Balaban J connectivity index is 1.59. The number of rotatable bonds is 5. The Morgan fingerprint density at radius 1 is 1.03 bits per heavy atom. The molecule has 1 aromatic heterocycles. The molecule has 4 rings (SSSR count). The van der Waals surface area contributed by atoms with Gasteiger partial charge in [0.2, 0.25) is 11.8 Å². The Morgan fingerprint density at radius 3 is 2.41 bits per heavy atom. The average molecular weight is 410 g/mol. The van der Waals surface area contributed by atoms with E-state index in [2.05, 4.69) is 16.3 Å². The normalized spacial score (nSPS) is 15.3. The molecule has 3 aromatic rings. The predicted octanol–water partition coefficient (Wildman–Crippen LogP) is 4.05. The van der Waals surface area contributed by atoms with Crippen LogP contribution in [0.1, 0.15) is 21.9 Å². The van der Waals surface area contributed by atoms with Crippen molar-refractivity contribution in [2.75, 3.05) is 26.3 Å². The fourth-order valence-electron chi connectivity index (χ4n) is 3.41. The predicted molar refractivity (Wildman–Crippen MR) is 112 cm³/mol. The van der Waals surface area contributed by atoms with E-state index in [9.17, 15) is 4.79 Å². The third-order valence-corrected chi connectivity index (χ3v) is 5.82. The number of aromatic nitrogens is 2. The molecule has 0 spiro atoms. The van der Waals surface area contributed by atoms with Crippen molar-refractivity contribution in [1.82, 2.24) is 15.1 Å². The minimum Gasteiger partial charge on any atom is -0.411 e. The molecule has 7 heteroatoms. The van der Waals surface area contributed by atoms with E-state index in [-0.39, 0.29) is 5.91 Å². The van der Waals surface area contributed by atoms with E-state index >= 15 is 0 Å². The van der Waals surface area contributed by atoms with Crippen molar-refractivity contribution in [3.8, 4) is 11.5 Å². The third-order valence-electron chi connectivity index (χ3n) is 4.74. The highest BCUT2D eigenvalue weighted by Gasteiger charge is 2.30. The molecule has 1 unspecified atom stereocenters. The number of aryl methyl sites for hydroxylation is 2. The van der Waals surface area contributed by atoms with Gasteiger partial charge in [0.25, 0.3) is 5.22 Å². The van der Waals surface area contributed by atoms with Crippen molar-refractivity contribution in [2.45, 2.75) is 24.3 Å². The maximum atomic E-state index is 13.2. The van der Waals surface area contributed by atoms with Crippen molar-refractivity contribution < 1.29 is 13.9 Å². The molecule has 0 radical (unpaired) electrons. The second-order valence-electron chi connectivity index (χ2n) is 7.10. The van der Waals surface area contributed by atoms with Crippen LogP contribution in [-0.2, 0) is 9.53 Å². The lowest BCUT2D eigenvalue weighted by atomic mass is 10.1. The molecule has 0 aliphatic carbocycles. The number of hydrogen-bond acceptors (Lipinski definition) is 6. The monoisotopic (exact) mass is 409 g/mol. The molecule has 2 aromatic carbocycles. The van der Waals surface area contributed by atoms with Gasteiger partial charge in [-0.2, -0.15) is 0 Å². The standard InChI is InChI=1S/C22H23N3O3S/c1-15-12-16(2)14-18(13-15)20-23-24-22(28-20)29-19(17-6-4-3-5-7-17)21(26)25-8-10-27-11-9-25/h3-7,12-14,19H,8-11H2,1-2H3. The van der Waals surface area contributed by atoms with Crippen LogP contribution in [0.3, 0.4) is 0 Å². The van der Waals surface area contributed by atoms with Gasteiger partial charge >= 0.3 is 0 Å². The largest absolute Gasteiger partial charge is 0.411 e. The van der Waals surface area contributed by atoms with Crippen molar-refractivity contribution in [2.24, 2.45) is 0 Å². The van der Waals surface area contributed by atoms with Gasteiger partial charge in [0, 0.05) is 18.7 Å². The van der Waals surface area contributed by atoms with Gasteiger partial charge in [-0.15, -0.1) is 10.2 Å². The zero-order chi connectivity index (χ0) is 20.2. The van der Waals surface area contributed by atoms with Crippen LogP contribution >= 0.6 is 11.8 Å². The number of benzene rings is 2. The molecule has 1 aliphatic heterocycles. The Labute approximate surface area is 174 Å². The Hall–Kier alpha value is -2.64. The first-order chi connectivity index (χ1) is 14.1. The van der Waals surface area contributed by atoms with Crippen molar-refractivity contribution in [3.63, 3.8) is 0 Å². The van der Waals surface area contributed by atoms with Gasteiger partial charge in [-0.1, -0.05) is 47.5 Å². The lowest BCUT2D eigenvalue weighted by molar-refractivity contribution is -0.134. The molecule has 1 atom stereocenters. The number of amides is 1. The van der Waals surface area contributed by atoms with Crippen molar-refractivity contribution in [3.05, 3.63) is 65.2 Å². The van der Waals surface area contributed by atoms with E-state index in [4.69, 9.17) is 9.15 Å². The quantitative estimate of drug-likeness (QED) is 0.592. The fourth-order valence-corrected chi connectivity index (χ4v) is 4.37. The van der Waals surface area contributed by atoms with Crippen LogP contribution < -0.4 is 0 Å². The summed E-state index contributed by atoms with van der Waals surface area (Å²) in [7, 11) is 0. The van der Waals surface area contributed by atoms with Crippen LogP contribution in [0.25, 0.3) is 11.5 Å². The topological polar surface area (TPSA) is 68.5 Å². The average Bonchev–Trinajstić information content (AvgIpc) is 3.21. The molecule has 29 heavy (non-hydrogen) atoms. The number of carbonyl (C=O) groups excluding carboxylic acids is 1. The molecular formula is C22H23N3O3S. The van der Waals surface area contributed by atoms with E-state index in [1.807, 2.05) is 61.2 Å². The van der Waals surface area contributed by atoms with Crippen molar-refractivity contribution >= 4 is 17.7 Å². The summed E-state index contributed by atoms with van der Waals surface area (Å²) in [6.45, 7) is 6.40. The first-order valence-corrected chi connectivity index (χ1v) is 10.5. The van der Waals surface area contributed by atoms with Crippen LogP contribution in [0.5, 0.6) is 0 Å². The molecule has 1 saturated heterocycles. The first kappa shape index (κ1) is 19.7. The summed E-state index contributed by atoms with van der Waals surface area (Å²) in [4.78, 5) is 15.1. The van der Waals surface area contributed by atoms with Crippen LogP contribution in [0.4, 0.5) is 0 Å². The lowest BCUT2D eigenvalue weighted by Gasteiger charge is -2.29. The molecule has 150 valence electrons. The van der Waals surface area contributed by atoms with Gasteiger partial charge in [0.05, 0.1) is 13.2 Å². The van der Waals surface area contributed by atoms with E-state index in [1.165, 1.54) is 11.8 Å². The van der Waals surface area contributed by atoms with Crippen LogP contribution in [0, 0.1) is 13.8 Å². The molecule has 1 amide bonds. The minimum atomic E-state index is -0.443. The zero-order valence-electron chi connectivity index (χ0n) is 16.5. The van der Waals surface area contributed by atoms with Gasteiger partial charge in [-0.25, -0.2) is 0 Å². The molecule has 0 N–H and O–H groups in total. The van der Waals surface area contributed by atoms with Gasteiger partial charge in [0.1, 0.15) is 5.25 Å². The summed E-state index contributed by atoms with van der Waals surface area (Å²) in [6.07, 6.45) is 0. The zero-order valence-corrected chi connectivity index (χ0v) is 17.3.